The van der Waals surface area contributed by atoms with E-state index in [1.807, 2.05) is 16.9 Å². The second-order valence-corrected chi connectivity index (χ2v) is 5.00. The number of nitrogens with zero attached hydrogens (tertiary/aromatic N) is 5. The van der Waals surface area contributed by atoms with Crippen LogP contribution in [0.3, 0.4) is 0 Å². The van der Waals surface area contributed by atoms with E-state index in [2.05, 4.69) is 25.6 Å². The fourth-order valence-electron chi connectivity index (χ4n) is 2.06. The summed E-state index contributed by atoms with van der Waals surface area (Å²) in [4.78, 5) is 4.19. The van der Waals surface area contributed by atoms with Gasteiger partial charge in [-0.3, -0.25) is 0 Å². The van der Waals surface area contributed by atoms with E-state index in [1.54, 1.807) is 6.92 Å². The largest absolute Gasteiger partial charge is 0.357 e. The molecule has 1 fully saturated rings. The molecule has 2 aromatic rings. The standard InChI is InChI=1S/C12H15ClN6O/c1-8-11(13)16-17-12(14-8)15-9-5-6-19(18-9)10-4-2-3-7-20-10/h5-6,10H,2-4,7H2,1H3,(H,14,15,17,18). The summed E-state index contributed by atoms with van der Waals surface area (Å²) in [5.41, 5.74) is 0.624. The predicted octanol–water partition coefficient (Wildman–Crippen LogP) is 2.47. The molecule has 106 valence electrons. The second-order valence-electron chi connectivity index (χ2n) is 4.64. The van der Waals surface area contributed by atoms with Crippen LogP contribution in [0.5, 0.6) is 0 Å². The monoisotopic (exact) mass is 294 g/mol. The first-order valence-corrected chi connectivity index (χ1v) is 6.91. The molecule has 2 aromatic heterocycles. The highest BCUT2D eigenvalue weighted by Gasteiger charge is 2.16. The summed E-state index contributed by atoms with van der Waals surface area (Å²) in [6, 6.07) is 1.85. The molecule has 3 rings (SSSR count). The number of halogens is 1. The fourth-order valence-corrected chi connectivity index (χ4v) is 2.14. The smallest absolute Gasteiger partial charge is 0.248 e. The Bertz CT molecular complexity index is 595. The molecule has 0 radical (unpaired) electrons. The van der Waals surface area contributed by atoms with Gasteiger partial charge in [0.2, 0.25) is 5.95 Å². The third-order valence-electron chi connectivity index (χ3n) is 3.10. The van der Waals surface area contributed by atoms with Crippen LogP contribution in [0.2, 0.25) is 5.15 Å². The minimum atomic E-state index is 0.0188. The van der Waals surface area contributed by atoms with E-state index < -0.39 is 0 Å². The van der Waals surface area contributed by atoms with Gasteiger partial charge in [0.1, 0.15) is 6.23 Å². The van der Waals surface area contributed by atoms with Gasteiger partial charge in [-0.15, -0.1) is 10.2 Å². The van der Waals surface area contributed by atoms with Gasteiger partial charge in [0, 0.05) is 18.9 Å². The quantitative estimate of drug-likeness (QED) is 0.937. The number of anilines is 2. The van der Waals surface area contributed by atoms with Gasteiger partial charge in [-0.2, -0.15) is 5.10 Å². The Kier molecular flexibility index (Phi) is 3.79. The summed E-state index contributed by atoms with van der Waals surface area (Å²) in [6.45, 7) is 2.56. The summed E-state index contributed by atoms with van der Waals surface area (Å²) < 4.78 is 7.49. The molecule has 0 spiro atoms. The molecule has 7 nitrogen and oxygen atoms in total. The molecule has 1 atom stereocenters. The van der Waals surface area contributed by atoms with Crippen molar-refractivity contribution in [1.82, 2.24) is 25.0 Å². The molecular formula is C12H15ClN6O. The topological polar surface area (TPSA) is 77.8 Å². The van der Waals surface area contributed by atoms with Crippen molar-refractivity contribution in [1.29, 1.82) is 0 Å². The minimum Gasteiger partial charge on any atom is -0.357 e. The van der Waals surface area contributed by atoms with Crippen LogP contribution in [0, 0.1) is 6.92 Å². The average molecular weight is 295 g/mol. The van der Waals surface area contributed by atoms with Crippen molar-refractivity contribution in [2.75, 3.05) is 11.9 Å². The van der Waals surface area contributed by atoms with Crippen LogP contribution in [-0.2, 0) is 4.74 Å². The molecule has 1 aliphatic rings. The highest BCUT2D eigenvalue weighted by Crippen LogP contribution is 2.23. The maximum Gasteiger partial charge on any atom is 0.248 e. The van der Waals surface area contributed by atoms with Crippen LogP contribution in [0.25, 0.3) is 0 Å². The van der Waals surface area contributed by atoms with Crippen molar-refractivity contribution >= 4 is 23.4 Å². The number of hydrogen-bond donors (Lipinski definition) is 1. The Morgan fingerprint density at radius 1 is 1.40 bits per heavy atom. The molecule has 3 heterocycles. The zero-order valence-corrected chi connectivity index (χ0v) is 11.8. The van der Waals surface area contributed by atoms with Crippen LogP contribution in [0.15, 0.2) is 12.3 Å². The van der Waals surface area contributed by atoms with Crippen LogP contribution in [0.4, 0.5) is 11.8 Å². The van der Waals surface area contributed by atoms with Crippen molar-refractivity contribution in [3.63, 3.8) is 0 Å². The molecule has 0 bridgehead atoms. The van der Waals surface area contributed by atoms with Crippen molar-refractivity contribution in [3.8, 4) is 0 Å². The number of aromatic nitrogens is 5. The fraction of sp³-hybridized carbons (Fsp3) is 0.500. The van der Waals surface area contributed by atoms with Crippen molar-refractivity contribution in [2.45, 2.75) is 32.4 Å². The molecule has 0 aromatic carbocycles. The highest BCUT2D eigenvalue weighted by molar-refractivity contribution is 6.29. The maximum atomic E-state index is 5.79. The number of ether oxygens (including phenoxy) is 1. The van der Waals surface area contributed by atoms with E-state index >= 15 is 0 Å². The van der Waals surface area contributed by atoms with Gasteiger partial charge >= 0.3 is 0 Å². The Labute approximate surface area is 121 Å². The van der Waals surface area contributed by atoms with Gasteiger partial charge in [0.25, 0.3) is 0 Å². The summed E-state index contributed by atoms with van der Waals surface area (Å²) in [6.07, 6.45) is 5.17. The third-order valence-corrected chi connectivity index (χ3v) is 3.45. The van der Waals surface area contributed by atoms with Crippen LogP contribution < -0.4 is 5.32 Å². The Morgan fingerprint density at radius 3 is 3.05 bits per heavy atom. The molecular weight excluding hydrogens is 280 g/mol. The number of aryl methyl sites for hydroxylation is 1. The molecule has 0 saturated carbocycles. The third kappa shape index (κ3) is 2.88. The van der Waals surface area contributed by atoms with E-state index in [0.29, 0.717) is 22.6 Å². The van der Waals surface area contributed by atoms with Gasteiger partial charge in [0.15, 0.2) is 11.0 Å². The first kappa shape index (κ1) is 13.3. The lowest BCUT2D eigenvalue weighted by atomic mass is 10.2. The van der Waals surface area contributed by atoms with Gasteiger partial charge in [0.05, 0.1) is 5.69 Å². The second kappa shape index (κ2) is 5.72. The van der Waals surface area contributed by atoms with Crippen LogP contribution >= 0.6 is 11.6 Å². The first-order chi connectivity index (χ1) is 9.72. The normalized spacial score (nSPS) is 19.0. The lowest BCUT2D eigenvalue weighted by Crippen LogP contribution is -2.18. The minimum absolute atomic E-state index is 0.0188. The van der Waals surface area contributed by atoms with Crippen molar-refractivity contribution in [3.05, 3.63) is 23.1 Å². The number of hydrogen-bond acceptors (Lipinski definition) is 6. The average Bonchev–Trinajstić information content (AvgIpc) is 2.92. The molecule has 1 N–H and O–H groups in total. The van der Waals surface area contributed by atoms with E-state index in [1.165, 1.54) is 0 Å². The van der Waals surface area contributed by atoms with Gasteiger partial charge in [-0.1, -0.05) is 11.6 Å². The summed E-state index contributed by atoms with van der Waals surface area (Å²) in [5.74, 6) is 1.03. The van der Waals surface area contributed by atoms with Crippen LogP contribution in [-0.4, -0.2) is 31.6 Å². The molecule has 20 heavy (non-hydrogen) atoms. The molecule has 1 aliphatic heterocycles. The highest BCUT2D eigenvalue weighted by atomic mass is 35.5. The molecule has 1 unspecified atom stereocenters. The molecule has 1 saturated heterocycles. The Hall–Kier alpha value is -1.73. The predicted molar refractivity (Wildman–Crippen MR) is 73.9 cm³/mol. The lowest BCUT2D eigenvalue weighted by Gasteiger charge is -2.22. The van der Waals surface area contributed by atoms with Crippen LogP contribution in [0.1, 0.15) is 31.2 Å². The summed E-state index contributed by atoms with van der Waals surface area (Å²) in [5, 5.41) is 15.4. The van der Waals surface area contributed by atoms with E-state index in [-0.39, 0.29) is 6.23 Å². The number of rotatable bonds is 3. The maximum absolute atomic E-state index is 5.79. The zero-order valence-electron chi connectivity index (χ0n) is 11.1. The summed E-state index contributed by atoms with van der Waals surface area (Å²) in [7, 11) is 0. The summed E-state index contributed by atoms with van der Waals surface area (Å²) >= 11 is 5.79. The van der Waals surface area contributed by atoms with Gasteiger partial charge in [-0.25, -0.2) is 9.67 Å². The zero-order chi connectivity index (χ0) is 13.9. The molecule has 0 aliphatic carbocycles. The SMILES string of the molecule is Cc1nc(Nc2ccn(C3CCCCO3)n2)nnc1Cl. The lowest BCUT2D eigenvalue weighted by molar-refractivity contribution is -0.0393. The Balaban J connectivity index is 1.71. The van der Waals surface area contributed by atoms with Gasteiger partial charge in [-0.05, 0) is 26.2 Å². The van der Waals surface area contributed by atoms with E-state index in [9.17, 15) is 0 Å². The van der Waals surface area contributed by atoms with E-state index in [0.717, 1.165) is 25.9 Å². The van der Waals surface area contributed by atoms with Crippen molar-refractivity contribution < 1.29 is 4.74 Å². The molecule has 0 amide bonds. The Morgan fingerprint density at radius 2 is 2.30 bits per heavy atom. The first-order valence-electron chi connectivity index (χ1n) is 6.53. The van der Waals surface area contributed by atoms with Crippen molar-refractivity contribution in [2.24, 2.45) is 0 Å². The van der Waals surface area contributed by atoms with Gasteiger partial charge < -0.3 is 10.1 Å². The molecule has 8 heteroatoms. The van der Waals surface area contributed by atoms with E-state index in [4.69, 9.17) is 16.3 Å². The number of nitrogens with one attached hydrogen (secondary N) is 1.